The molecular weight excluding hydrogens is 196 g/mol. The molecule has 76 valence electrons. The van der Waals surface area contributed by atoms with E-state index in [1.54, 1.807) is 0 Å². The van der Waals surface area contributed by atoms with Gasteiger partial charge in [0.05, 0.1) is 0 Å². The van der Waals surface area contributed by atoms with Crippen LogP contribution in [0.5, 0.6) is 0 Å². The second kappa shape index (κ2) is 5.16. The molecule has 0 saturated heterocycles. The van der Waals surface area contributed by atoms with Gasteiger partial charge < -0.3 is 0 Å². The summed E-state index contributed by atoms with van der Waals surface area (Å²) in [5, 5.41) is -0.229. The van der Waals surface area contributed by atoms with Gasteiger partial charge in [-0.15, -0.1) is 0 Å². The van der Waals surface area contributed by atoms with Gasteiger partial charge in [0.15, 0.2) is 0 Å². The average Bonchev–Trinajstić information content (AvgIpc) is 2.16. The number of aryl methyl sites for hydroxylation is 1. The molecule has 14 heavy (non-hydrogen) atoms. The van der Waals surface area contributed by atoms with Crippen molar-refractivity contribution in [3.8, 4) is 0 Å². The van der Waals surface area contributed by atoms with Crippen molar-refractivity contribution in [2.75, 3.05) is 0 Å². The molecule has 1 nitrogen and oxygen atoms in total. The van der Waals surface area contributed by atoms with Crippen molar-refractivity contribution >= 4 is 16.8 Å². The predicted molar refractivity (Wildman–Crippen MR) is 59.5 cm³/mol. The monoisotopic (exact) mass is 210 g/mol. The van der Waals surface area contributed by atoms with Crippen LogP contribution in [0.3, 0.4) is 0 Å². The molecule has 1 aromatic carbocycles. The summed E-state index contributed by atoms with van der Waals surface area (Å²) >= 11 is 5.49. The molecule has 0 aliphatic rings. The summed E-state index contributed by atoms with van der Waals surface area (Å²) in [5.74, 6) is -0.0422. The number of rotatable bonds is 4. The summed E-state index contributed by atoms with van der Waals surface area (Å²) in [6.45, 7) is 4.03. The molecule has 1 aromatic rings. The maximum absolute atomic E-state index is 11.0. The first-order valence-electron chi connectivity index (χ1n) is 4.88. The Hall–Kier alpha value is -0.820. The summed E-state index contributed by atoms with van der Waals surface area (Å²) in [7, 11) is 0. The molecule has 0 aliphatic carbocycles. The van der Waals surface area contributed by atoms with Crippen LogP contribution in [-0.2, 0) is 11.2 Å². The van der Waals surface area contributed by atoms with Gasteiger partial charge in [0.1, 0.15) is 0 Å². The number of benzene rings is 1. The highest BCUT2D eigenvalue weighted by Gasteiger charge is 2.13. The lowest BCUT2D eigenvalue weighted by atomic mass is 9.98. The molecule has 0 aromatic heterocycles. The standard InChI is InChI=1S/C12H15ClO/c1-3-11(12(13)14)8-10-6-4-9(2)5-7-10/h4-7,11H,3,8H2,1-2H3. The highest BCUT2D eigenvalue weighted by Crippen LogP contribution is 2.15. The highest BCUT2D eigenvalue weighted by atomic mass is 35.5. The van der Waals surface area contributed by atoms with Gasteiger partial charge in [-0.3, -0.25) is 4.79 Å². The first-order valence-corrected chi connectivity index (χ1v) is 5.26. The number of carbonyl (C=O) groups is 1. The van der Waals surface area contributed by atoms with Gasteiger partial charge in [0.25, 0.3) is 0 Å². The first-order chi connectivity index (χ1) is 6.63. The SMILES string of the molecule is CCC(Cc1ccc(C)cc1)C(=O)Cl. The Morgan fingerprint density at radius 2 is 1.93 bits per heavy atom. The normalized spacial score (nSPS) is 12.5. The molecule has 0 N–H and O–H groups in total. The Labute approximate surface area is 90.1 Å². The Bertz CT molecular complexity index is 303. The van der Waals surface area contributed by atoms with E-state index in [1.807, 2.05) is 13.8 Å². The number of hydrogen-bond donors (Lipinski definition) is 0. The van der Waals surface area contributed by atoms with Gasteiger partial charge in [-0.25, -0.2) is 0 Å². The van der Waals surface area contributed by atoms with Crippen molar-refractivity contribution in [2.24, 2.45) is 5.92 Å². The van der Waals surface area contributed by atoms with Crippen molar-refractivity contribution in [1.82, 2.24) is 0 Å². The van der Waals surface area contributed by atoms with E-state index in [9.17, 15) is 4.79 Å². The molecule has 1 unspecified atom stereocenters. The Balaban J connectivity index is 2.67. The summed E-state index contributed by atoms with van der Waals surface area (Å²) in [4.78, 5) is 11.0. The minimum absolute atomic E-state index is 0.0422. The molecule has 0 radical (unpaired) electrons. The largest absolute Gasteiger partial charge is 0.281 e. The third-order valence-corrected chi connectivity index (χ3v) is 2.73. The zero-order valence-electron chi connectivity index (χ0n) is 8.59. The van der Waals surface area contributed by atoms with E-state index in [-0.39, 0.29) is 11.2 Å². The van der Waals surface area contributed by atoms with E-state index in [0.717, 1.165) is 12.8 Å². The lowest BCUT2D eigenvalue weighted by Gasteiger charge is -2.09. The van der Waals surface area contributed by atoms with E-state index < -0.39 is 0 Å². The van der Waals surface area contributed by atoms with Gasteiger partial charge >= 0.3 is 0 Å². The van der Waals surface area contributed by atoms with Crippen LogP contribution in [-0.4, -0.2) is 5.24 Å². The van der Waals surface area contributed by atoms with Crippen LogP contribution >= 0.6 is 11.6 Å². The molecule has 0 bridgehead atoms. The topological polar surface area (TPSA) is 17.1 Å². The minimum Gasteiger partial charge on any atom is -0.281 e. The van der Waals surface area contributed by atoms with Gasteiger partial charge in [0.2, 0.25) is 5.24 Å². The molecule has 0 heterocycles. The molecule has 1 rings (SSSR count). The molecule has 0 amide bonds. The molecule has 0 saturated carbocycles. The van der Waals surface area contributed by atoms with E-state index in [4.69, 9.17) is 11.6 Å². The van der Waals surface area contributed by atoms with E-state index in [0.29, 0.717) is 0 Å². The lowest BCUT2D eigenvalue weighted by Crippen LogP contribution is -2.10. The lowest BCUT2D eigenvalue weighted by molar-refractivity contribution is -0.115. The fourth-order valence-corrected chi connectivity index (χ4v) is 1.63. The van der Waals surface area contributed by atoms with Crippen LogP contribution < -0.4 is 0 Å². The van der Waals surface area contributed by atoms with Crippen LogP contribution in [0.4, 0.5) is 0 Å². The predicted octanol–water partition coefficient (Wildman–Crippen LogP) is 3.33. The molecule has 0 aliphatic heterocycles. The molecule has 2 heteroatoms. The summed E-state index contributed by atoms with van der Waals surface area (Å²) < 4.78 is 0. The van der Waals surface area contributed by atoms with Crippen molar-refractivity contribution in [2.45, 2.75) is 26.7 Å². The molecular formula is C12H15ClO. The zero-order chi connectivity index (χ0) is 10.6. The third-order valence-electron chi connectivity index (χ3n) is 2.42. The molecule has 0 spiro atoms. The van der Waals surface area contributed by atoms with Crippen LogP contribution in [0.1, 0.15) is 24.5 Å². The molecule has 1 atom stereocenters. The fraction of sp³-hybridized carbons (Fsp3) is 0.417. The molecule has 0 fully saturated rings. The summed E-state index contributed by atoms with van der Waals surface area (Å²) in [6, 6.07) is 8.22. The van der Waals surface area contributed by atoms with E-state index in [1.165, 1.54) is 11.1 Å². The van der Waals surface area contributed by atoms with Crippen LogP contribution in [0.2, 0.25) is 0 Å². The Morgan fingerprint density at radius 3 is 2.36 bits per heavy atom. The van der Waals surface area contributed by atoms with Crippen molar-refractivity contribution in [3.63, 3.8) is 0 Å². The average molecular weight is 211 g/mol. The van der Waals surface area contributed by atoms with Crippen molar-refractivity contribution in [1.29, 1.82) is 0 Å². The first kappa shape index (κ1) is 11.3. The Morgan fingerprint density at radius 1 is 1.36 bits per heavy atom. The third kappa shape index (κ3) is 3.15. The summed E-state index contributed by atoms with van der Waals surface area (Å²) in [6.07, 6.45) is 1.55. The van der Waals surface area contributed by atoms with Crippen LogP contribution in [0, 0.1) is 12.8 Å². The second-order valence-corrected chi connectivity index (χ2v) is 3.97. The summed E-state index contributed by atoms with van der Waals surface area (Å²) in [5.41, 5.74) is 2.41. The fourth-order valence-electron chi connectivity index (χ4n) is 1.39. The minimum atomic E-state index is -0.229. The maximum Gasteiger partial charge on any atom is 0.225 e. The zero-order valence-corrected chi connectivity index (χ0v) is 9.34. The van der Waals surface area contributed by atoms with Gasteiger partial charge in [-0.2, -0.15) is 0 Å². The second-order valence-electron chi connectivity index (χ2n) is 3.60. The van der Waals surface area contributed by atoms with E-state index >= 15 is 0 Å². The van der Waals surface area contributed by atoms with E-state index in [2.05, 4.69) is 24.3 Å². The number of hydrogen-bond acceptors (Lipinski definition) is 1. The van der Waals surface area contributed by atoms with Crippen LogP contribution in [0.15, 0.2) is 24.3 Å². The van der Waals surface area contributed by atoms with Crippen molar-refractivity contribution in [3.05, 3.63) is 35.4 Å². The Kier molecular flexibility index (Phi) is 4.15. The smallest absolute Gasteiger partial charge is 0.225 e. The van der Waals surface area contributed by atoms with Gasteiger partial charge in [-0.05, 0) is 36.9 Å². The van der Waals surface area contributed by atoms with Gasteiger partial charge in [-0.1, -0.05) is 36.8 Å². The van der Waals surface area contributed by atoms with Gasteiger partial charge in [0, 0.05) is 5.92 Å². The van der Waals surface area contributed by atoms with Crippen molar-refractivity contribution < 1.29 is 4.79 Å². The maximum atomic E-state index is 11.0. The number of carbonyl (C=O) groups excluding carboxylic acids is 1. The number of halogens is 1. The highest BCUT2D eigenvalue weighted by molar-refractivity contribution is 6.63. The van der Waals surface area contributed by atoms with Crippen LogP contribution in [0.25, 0.3) is 0 Å². The quantitative estimate of drug-likeness (QED) is 0.697.